The van der Waals surface area contributed by atoms with Gasteiger partial charge >= 0.3 is 0 Å². The first kappa shape index (κ1) is 11.2. The lowest BCUT2D eigenvalue weighted by Crippen LogP contribution is -2.08. The molecule has 1 atom stereocenters. The van der Waals surface area contributed by atoms with Crippen LogP contribution in [-0.2, 0) is 9.53 Å². The quantitative estimate of drug-likeness (QED) is 0.333. The highest BCUT2D eigenvalue weighted by Gasteiger charge is 2.02. The highest BCUT2D eigenvalue weighted by molar-refractivity contribution is 5.37. The highest BCUT2D eigenvalue weighted by Crippen LogP contribution is 2.07. The standard InChI is InChI=1S/C10H18O2/c1-3-5-6-8-10(7-4-2)12-9-11/h4,7,9-10H,3,5-6,8H2,1-2H3/b7-4+. The van der Waals surface area contributed by atoms with E-state index in [1.165, 1.54) is 12.8 Å². The average molecular weight is 170 g/mol. The van der Waals surface area contributed by atoms with Gasteiger partial charge < -0.3 is 4.74 Å². The van der Waals surface area contributed by atoms with Gasteiger partial charge in [-0.1, -0.05) is 25.8 Å². The lowest BCUT2D eigenvalue weighted by atomic mass is 10.1. The van der Waals surface area contributed by atoms with Crippen LogP contribution in [-0.4, -0.2) is 12.6 Å². The van der Waals surface area contributed by atoms with E-state index in [2.05, 4.69) is 6.92 Å². The molecule has 12 heavy (non-hydrogen) atoms. The summed E-state index contributed by atoms with van der Waals surface area (Å²) in [6.07, 6.45) is 8.29. The van der Waals surface area contributed by atoms with E-state index < -0.39 is 0 Å². The van der Waals surface area contributed by atoms with Gasteiger partial charge in [0.1, 0.15) is 6.10 Å². The molecule has 0 spiro atoms. The van der Waals surface area contributed by atoms with Gasteiger partial charge in [-0.15, -0.1) is 0 Å². The van der Waals surface area contributed by atoms with Gasteiger partial charge in [-0.05, 0) is 25.8 Å². The SMILES string of the molecule is C/C=C/C(CCCCC)OC=O. The predicted molar refractivity (Wildman–Crippen MR) is 49.9 cm³/mol. The molecule has 0 aromatic rings. The third-order valence-electron chi connectivity index (χ3n) is 1.73. The van der Waals surface area contributed by atoms with Crippen molar-refractivity contribution in [3.63, 3.8) is 0 Å². The Labute approximate surface area is 74.6 Å². The number of unbranched alkanes of at least 4 members (excludes halogenated alkanes) is 2. The fraction of sp³-hybridized carbons (Fsp3) is 0.700. The Morgan fingerprint density at radius 1 is 1.42 bits per heavy atom. The predicted octanol–water partition coefficient (Wildman–Crippen LogP) is 2.68. The van der Waals surface area contributed by atoms with Crippen molar-refractivity contribution in [1.82, 2.24) is 0 Å². The molecule has 0 radical (unpaired) electrons. The van der Waals surface area contributed by atoms with E-state index >= 15 is 0 Å². The molecule has 0 amide bonds. The van der Waals surface area contributed by atoms with E-state index in [-0.39, 0.29) is 6.10 Å². The van der Waals surface area contributed by atoms with Crippen molar-refractivity contribution in [2.75, 3.05) is 0 Å². The van der Waals surface area contributed by atoms with Crippen LogP contribution in [0, 0.1) is 0 Å². The molecule has 0 aliphatic carbocycles. The third kappa shape index (κ3) is 5.96. The summed E-state index contributed by atoms with van der Waals surface area (Å²) >= 11 is 0. The summed E-state index contributed by atoms with van der Waals surface area (Å²) < 4.78 is 4.86. The molecule has 2 nitrogen and oxygen atoms in total. The van der Waals surface area contributed by atoms with E-state index in [1.807, 2.05) is 19.1 Å². The van der Waals surface area contributed by atoms with E-state index in [4.69, 9.17) is 4.74 Å². The van der Waals surface area contributed by atoms with Crippen LogP contribution < -0.4 is 0 Å². The molecule has 0 heterocycles. The summed E-state index contributed by atoms with van der Waals surface area (Å²) in [5, 5.41) is 0. The van der Waals surface area contributed by atoms with Gasteiger partial charge in [0, 0.05) is 0 Å². The molecule has 0 rings (SSSR count). The lowest BCUT2D eigenvalue weighted by molar-refractivity contribution is -0.131. The van der Waals surface area contributed by atoms with Crippen molar-refractivity contribution < 1.29 is 9.53 Å². The van der Waals surface area contributed by atoms with Crippen LogP contribution in [0.1, 0.15) is 39.5 Å². The number of hydrogen-bond donors (Lipinski definition) is 0. The second-order valence-electron chi connectivity index (χ2n) is 2.79. The van der Waals surface area contributed by atoms with Crippen molar-refractivity contribution in [2.24, 2.45) is 0 Å². The molecule has 0 aliphatic rings. The highest BCUT2D eigenvalue weighted by atomic mass is 16.5. The van der Waals surface area contributed by atoms with E-state index in [9.17, 15) is 4.79 Å². The van der Waals surface area contributed by atoms with Gasteiger partial charge in [-0.2, -0.15) is 0 Å². The summed E-state index contributed by atoms with van der Waals surface area (Å²) in [5.74, 6) is 0. The minimum Gasteiger partial charge on any atom is -0.460 e. The minimum absolute atomic E-state index is 0.0148. The van der Waals surface area contributed by atoms with Crippen LogP contribution >= 0.6 is 0 Å². The maximum absolute atomic E-state index is 10.1. The Morgan fingerprint density at radius 2 is 2.17 bits per heavy atom. The van der Waals surface area contributed by atoms with Gasteiger partial charge in [0.15, 0.2) is 0 Å². The average Bonchev–Trinajstić information content (AvgIpc) is 2.06. The maximum Gasteiger partial charge on any atom is 0.293 e. The monoisotopic (exact) mass is 170 g/mol. The molecule has 0 aromatic carbocycles. The summed E-state index contributed by atoms with van der Waals surface area (Å²) in [6, 6.07) is 0. The molecule has 0 fully saturated rings. The number of hydrogen-bond acceptors (Lipinski definition) is 2. The summed E-state index contributed by atoms with van der Waals surface area (Å²) in [4.78, 5) is 10.1. The molecular weight excluding hydrogens is 152 g/mol. The van der Waals surface area contributed by atoms with Crippen LogP contribution in [0.2, 0.25) is 0 Å². The van der Waals surface area contributed by atoms with Gasteiger partial charge in [-0.25, -0.2) is 0 Å². The molecule has 2 heteroatoms. The Balaban J connectivity index is 3.55. The van der Waals surface area contributed by atoms with E-state index in [1.54, 1.807) is 0 Å². The molecule has 0 saturated carbocycles. The first-order valence-corrected chi connectivity index (χ1v) is 4.57. The maximum atomic E-state index is 10.1. The Morgan fingerprint density at radius 3 is 2.67 bits per heavy atom. The van der Waals surface area contributed by atoms with Crippen molar-refractivity contribution in [1.29, 1.82) is 0 Å². The largest absolute Gasteiger partial charge is 0.460 e. The number of carbonyl (C=O) groups excluding carboxylic acids is 1. The molecule has 70 valence electrons. The Hall–Kier alpha value is -0.790. The van der Waals surface area contributed by atoms with Gasteiger partial charge in [-0.3, -0.25) is 4.79 Å². The van der Waals surface area contributed by atoms with Crippen LogP contribution in [0.4, 0.5) is 0 Å². The Bertz CT molecular complexity index is 130. The zero-order valence-corrected chi connectivity index (χ0v) is 7.95. The molecule has 0 aromatic heterocycles. The van der Waals surface area contributed by atoms with Gasteiger partial charge in [0.05, 0.1) is 0 Å². The summed E-state index contributed by atoms with van der Waals surface area (Å²) in [6.45, 7) is 4.61. The van der Waals surface area contributed by atoms with Crippen LogP contribution in [0.3, 0.4) is 0 Å². The zero-order valence-electron chi connectivity index (χ0n) is 7.95. The molecule has 0 bridgehead atoms. The fourth-order valence-electron chi connectivity index (χ4n) is 1.09. The second-order valence-corrected chi connectivity index (χ2v) is 2.79. The zero-order chi connectivity index (χ0) is 9.23. The number of ether oxygens (including phenoxy) is 1. The molecule has 1 unspecified atom stereocenters. The smallest absolute Gasteiger partial charge is 0.293 e. The van der Waals surface area contributed by atoms with Crippen molar-refractivity contribution in [2.45, 2.75) is 45.6 Å². The topological polar surface area (TPSA) is 26.3 Å². The molecule has 0 saturated heterocycles. The van der Waals surface area contributed by atoms with Crippen LogP contribution in [0.25, 0.3) is 0 Å². The van der Waals surface area contributed by atoms with Crippen molar-refractivity contribution in [3.8, 4) is 0 Å². The third-order valence-corrected chi connectivity index (χ3v) is 1.73. The van der Waals surface area contributed by atoms with Crippen molar-refractivity contribution in [3.05, 3.63) is 12.2 Å². The van der Waals surface area contributed by atoms with E-state index in [0.717, 1.165) is 12.8 Å². The second kappa shape index (κ2) is 8.31. The van der Waals surface area contributed by atoms with E-state index in [0.29, 0.717) is 6.47 Å². The minimum atomic E-state index is -0.0148. The van der Waals surface area contributed by atoms with Crippen LogP contribution in [0.15, 0.2) is 12.2 Å². The lowest BCUT2D eigenvalue weighted by Gasteiger charge is -2.09. The number of rotatable bonds is 7. The number of carbonyl (C=O) groups is 1. The molecule has 0 N–H and O–H groups in total. The fourth-order valence-corrected chi connectivity index (χ4v) is 1.09. The first-order chi connectivity index (χ1) is 5.85. The molecule has 0 aliphatic heterocycles. The summed E-state index contributed by atoms with van der Waals surface area (Å²) in [5.41, 5.74) is 0. The first-order valence-electron chi connectivity index (χ1n) is 4.57. The van der Waals surface area contributed by atoms with Gasteiger partial charge in [0.2, 0.25) is 0 Å². The van der Waals surface area contributed by atoms with Crippen LogP contribution in [0.5, 0.6) is 0 Å². The normalized spacial score (nSPS) is 13.2. The summed E-state index contributed by atoms with van der Waals surface area (Å²) in [7, 11) is 0. The van der Waals surface area contributed by atoms with Gasteiger partial charge in [0.25, 0.3) is 6.47 Å². The molecular formula is C10H18O2. The van der Waals surface area contributed by atoms with Crippen molar-refractivity contribution >= 4 is 6.47 Å². The Kier molecular flexibility index (Phi) is 7.76. The number of allylic oxidation sites excluding steroid dienone is 1.